The molecule has 1 aliphatic rings. The summed E-state index contributed by atoms with van der Waals surface area (Å²) in [5.74, 6) is 1.01. The first-order valence-corrected chi connectivity index (χ1v) is 15.9. The predicted molar refractivity (Wildman–Crippen MR) is 179 cm³/mol. The lowest BCUT2D eigenvalue weighted by molar-refractivity contribution is -0.113. The molecule has 5 rings (SSSR count). The summed E-state index contributed by atoms with van der Waals surface area (Å²) in [6, 6.07) is 21.8. The van der Waals surface area contributed by atoms with E-state index in [0.29, 0.717) is 44.4 Å². The average molecular weight is 802 g/mol. The van der Waals surface area contributed by atoms with Crippen molar-refractivity contribution in [3.63, 3.8) is 0 Å². The Hall–Kier alpha value is -3.48. The van der Waals surface area contributed by atoms with E-state index in [1.807, 2.05) is 85.8 Å². The standard InChI is InChI=1S/C31H24I2N4O4S/c1-3-40-22-11-9-20(10-12-22)27-26(29(38)36-21-7-5-4-6-8-21)18(2)35-31-37(27)30(39)25(42-31)17-19-15-23(32)28(24(33)16-19)41-14-13-34/h4-12,15-17,27H,3,14H2,1-2H3,(H,36,38)/b25-17-/t27-/m0/s1. The molecule has 1 amide bonds. The highest BCUT2D eigenvalue weighted by molar-refractivity contribution is 14.1. The molecule has 0 radical (unpaired) electrons. The van der Waals surface area contributed by atoms with Crippen molar-refractivity contribution < 1.29 is 14.3 Å². The SMILES string of the molecule is CCOc1ccc([C@H]2C(C(=O)Nc3ccccc3)=C(C)N=c3s/c(=C\c4cc(I)c(OCC#N)c(I)c4)c(=O)n32)cc1. The number of carbonyl (C=O) groups is 1. The van der Waals surface area contributed by atoms with Crippen LogP contribution in [0.5, 0.6) is 11.5 Å². The van der Waals surface area contributed by atoms with Gasteiger partial charge in [-0.05, 0) is 113 Å². The number of nitrogens with zero attached hydrogens (tertiary/aromatic N) is 3. The zero-order valence-electron chi connectivity index (χ0n) is 22.6. The van der Waals surface area contributed by atoms with Crippen LogP contribution in [0.4, 0.5) is 5.69 Å². The summed E-state index contributed by atoms with van der Waals surface area (Å²) in [6.45, 7) is 4.19. The third-order valence-electron chi connectivity index (χ3n) is 6.40. The van der Waals surface area contributed by atoms with Crippen molar-refractivity contribution >= 4 is 74.2 Å². The molecule has 0 spiro atoms. The quantitative estimate of drug-likeness (QED) is 0.241. The maximum Gasteiger partial charge on any atom is 0.271 e. The fourth-order valence-electron chi connectivity index (χ4n) is 4.62. The smallest absolute Gasteiger partial charge is 0.271 e. The van der Waals surface area contributed by atoms with E-state index in [1.54, 1.807) is 11.5 Å². The molecule has 0 saturated heterocycles. The normalized spacial score (nSPS) is 14.5. The van der Waals surface area contributed by atoms with Crippen LogP contribution in [0.1, 0.15) is 31.0 Å². The molecule has 4 aromatic rings. The molecule has 3 aromatic carbocycles. The van der Waals surface area contributed by atoms with Crippen LogP contribution >= 0.6 is 56.5 Å². The number of amides is 1. The zero-order chi connectivity index (χ0) is 29.8. The first kappa shape index (κ1) is 30.0. The summed E-state index contributed by atoms with van der Waals surface area (Å²) in [6.07, 6.45) is 1.82. The summed E-state index contributed by atoms with van der Waals surface area (Å²) in [5, 5.41) is 11.9. The third kappa shape index (κ3) is 6.30. The van der Waals surface area contributed by atoms with Gasteiger partial charge in [0.1, 0.15) is 17.6 Å². The summed E-state index contributed by atoms with van der Waals surface area (Å²) < 4.78 is 14.9. The van der Waals surface area contributed by atoms with Gasteiger partial charge in [0.25, 0.3) is 11.5 Å². The number of allylic oxidation sites excluding steroid dienone is 1. The number of ether oxygens (including phenoxy) is 2. The van der Waals surface area contributed by atoms with Gasteiger partial charge in [-0.15, -0.1) is 0 Å². The Morgan fingerprint density at radius 2 is 1.81 bits per heavy atom. The van der Waals surface area contributed by atoms with E-state index in [-0.39, 0.29) is 18.1 Å². The number of hydrogen-bond acceptors (Lipinski definition) is 7. The van der Waals surface area contributed by atoms with Crippen molar-refractivity contribution in [1.82, 2.24) is 4.57 Å². The van der Waals surface area contributed by atoms with Crippen LogP contribution < -0.4 is 29.7 Å². The first-order chi connectivity index (χ1) is 20.3. The second-order valence-corrected chi connectivity index (χ2v) is 12.5. The molecule has 0 unspecified atom stereocenters. The van der Waals surface area contributed by atoms with Crippen LogP contribution in [0.25, 0.3) is 6.08 Å². The van der Waals surface area contributed by atoms with E-state index >= 15 is 0 Å². The minimum atomic E-state index is -0.690. The zero-order valence-corrected chi connectivity index (χ0v) is 27.7. The molecule has 1 atom stereocenters. The molecule has 42 heavy (non-hydrogen) atoms. The Balaban J connectivity index is 1.63. The van der Waals surface area contributed by atoms with Crippen LogP contribution in [0.3, 0.4) is 0 Å². The van der Waals surface area contributed by atoms with Gasteiger partial charge in [0, 0.05) is 5.69 Å². The van der Waals surface area contributed by atoms with Gasteiger partial charge in [-0.2, -0.15) is 5.26 Å². The lowest BCUT2D eigenvalue weighted by Crippen LogP contribution is -2.40. The fourth-order valence-corrected chi connectivity index (χ4v) is 7.79. The Kier molecular flexibility index (Phi) is 9.44. The number of thiazole rings is 1. The number of fused-ring (bicyclic) bond motifs is 1. The van der Waals surface area contributed by atoms with Crippen LogP contribution in [0.2, 0.25) is 0 Å². The molecule has 1 aromatic heterocycles. The number of aromatic nitrogens is 1. The van der Waals surface area contributed by atoms with Gasteiger partial charge in [-0.25, -0.2) is 4.99 Å². The summed E-state index contributed by atoms with van der Waals surface area (Å²) in [5.41, 5.74) is 2.92. The number of para-hydroxylation sites is 1. The molecule has 1 aliphatic heterocycles. The minimum absolute atomic E-state index is 0.0466. The average Bonchev–Trinajstić information content (AvgIpc) is 3.27. The summed E-state index contributed by atoms with van der Waals surface area (Å²) >= 11 is 5.60. The van der Waals surface area contributed by atoms with Gasteiger partial charge < -0.3 is 14.8 Å². The lowest BCUT2D eigenvalue weighted by atomic mass is 9.95. The number of carbonyl (C=O) groups excluding carboxylic acids is 1. The van der Waals surface area contributed by atoms with Crippen molar-refractivity contribution in [2.24, 2.45) is 4.99 Å². The predicted octanol–water partition coefficient (Wildman–Crippen LogP) is 5.38. The molecule has 11 heteroatoms. The van der Waals surface area contributed by atoms with Crippen LogP contribution in [-0.2, 0) is 4.79 Å². The van der Waals surface area contributed by atoms with Crippen molar-refractivity contribution in [2.75, 3.05) is 18.5 Å². The Morgan fingerprint density at radius 3 is 2.45 bits per heavy atom. The molecule has 8 nitrogen and oxygen atoms in total. The monoisotopic (exact) mass is 802 g/mol. The molecule has 0 bridgehead atoms. The highest BCUT2D eigenvalue weighted by atomic mass is 127. The van der Waals surface area contributed by atoms with E-state index in [1.165, 1.54) is 11.3 Å². The van der Waals surface area contributed by atoms with E-state index in [0.717, 1.165) is 18.3 Å². The number of hydrogen-bond donors (Lipinski definition) is 1. The van der Waals surface area contributed by atoms with Gasteiger partial charge in [0.2, 0.25) is 0 Å². The lowest BCUT2D eigenvalue weighted by Gasteiger charge is -2.25. The first-order valence-electron chi connectivity index (χ1n) is 12.9. The molecule has 0 fully saturated rings. The summed E-state index contributed by atoms with van der Waals surface area (Å²) in [4.78, 5) is 33.0. The Bertz CT molecular complexity index is 1890. The number of rotatable bonds is 8. The number of anilines is 1. The van der Waals surface area contributed by atoms with Gasteiger partial charge >= 0.3 is 0 Å². The van der Waals surface area contributed by atoms with E-state index in [9.17, 15) is 9.59 Å². The van der Waals surface area contributed by atoms with Crippen molar-refractivity contribution in [3.05, 3.63) is 116 Å². The van der Waals surface area contributed by atoms with Gasteiger partial charge in [0.05, 0.1) is 35.6 Å². The summed E-state index contributed by atoms with van der Waals surface area (Å²) in [7, 11) is 0. The van der Waals surface area contributed by atoms with Crippen molar-refractivity contribution in [1.29, 1.82) is 5.26 Å². The van der Waals surface area contributed by atoms with Crippen molar-refractivity contribution in [3.8, 4) is 17.6 Å². The van der Waals surface area contributed by atoms with E-state index < -0.39 is 6.04 Å². The van der Waals surface area contributed by atoms with Crippen molar-refractivity contribution in [2.45, 2.75) is 19.9 Å². The number of nitrogens with one attached hydrogen (secondary N) is 1. The molecule has 0 aliphatic carbocycles. The largest absolute Gasteiger partial charge is 0.494 e. The van der Waals surface area contributed by atoms with Gasteiger partial charge in [-0.1, -0.05) is 41.7 Å². The number of halogens is 2. The Morgan fingerprint density at radius 1 is 1.12 bits per heavy atom. The molecular weight excluding hydrogens is 778 g/mol. The second kappa shape index (κ2) is 13.2. The number of nitriles is 1. The van der Waals surface area contributed by atoms with Crippen LogP contribution in [0, 0.1) is 18.5 Å². The molecule has 0 saturated carbocycles. The third-order valence-corrected chi connectivity index (χ3v) is 8.99. The minimum Gasteiger partial charge on any atom is -0.494 e. The maximum atomic E-state index is 14.0. The molecular formula is C31H24I2N4O4S. The topological polar surface area (TPSA) is 106 Å². The molecule has 2 heterocycles. The Labute approximate surface area is 273 Å². The van der Waals surface area contributed by atoms with Gasteiger partial charge in [-0.3, -0.25) is 14.2 Å². The van der Waals surface area contributed by atoms with E-state index in [2.05, 4.69) is 50.5 Å². The fraction of sp³-hybridized carbons (Fsp3) is 0.161. The maximum absolute atomic E-state index is 14.0. The van der Waals surface area contributed by atoms with Crippen LogP contribution in [-0.4, -0.2) is 23.7 Å². The molecule has 1 N–H and O–H groups in total. The second-order valence-electron chi connectivity index (χ2n) is 9.16. The number of benzene rings is 3. The highest BCUT2D eigenvalue weighted by Gasteiger charge is 2.32. The highest BCUT2D eigenvalue weighted by Crippen LogP contribution is 2.32. The van der Waals surface area contributed by atoms with Gasteiger partial charge in [0.15, 0.2) is 11.4 Å². The van der Waals surface area contributed by atoms with E-state index in [4.69, 9.17) is 19.7 Å². The van der Waals surface area contributed by atoms with Crippen LogP contribution in [0.15, 0.2) is 87.8 Å². The molecule has 212 valence electrons.